The molecule has 2 aliphatic heterocycles. The van der Waals surface area contributed by atoms with Crippen molar-refractivity contribution in [2.24, 2.45) is 5.92 Å². The van der Waals surface area contributed by atoms with Crippen LogP contribution in [0.1, 0.15) is 24.0 Å². The minimum absolute atomic E-state index is 0.726. The number of benzene rings is 1. The third-order valence-electron chi connectivity index (χ3n) is 4.42. The summed E-state index contributed by atoms with van der Waals surface area (Å²) in [5, 5.41) is 3.44. The summed E-state index contributed by atoms with van der Waals surface area (Å²) >= 11 is 0. The summed E-state index contributed by atoms with van der Waals surface area (Å²) in [5.74, 6) is 1.83. The lowest BCUT2D eigenvalue weighted by Gasteiger charge is -2.29. The van der Waals surface area contributed by atoms with Gasteiger partial charge < -0.3 is 15.0 Å². The molecule has 0 spiro atoms. The summed E-state index contributed by atoms with van der Waals surface area (Å²) in [4.78, 5) is 2.41. The molecule has 104 valence electrons. The molecule has 1 saturated heterocycles. The van der Waals surface area contributed by atoms with E-state index in [-0.39, 0.29) is 0 Å². The summed E-state index contributed by atoms with van der Waals surface area (Å²) < 4.78 is 6.12. The molecule has 2 aliphatic rings. The van der Waals surface area contributed by atoms with E-state index < -0.39 is 0 Å². The van der Waals surface area contributed by atoms with Gasteiger partial charge in [-0.15, -0.1) is 0 Å². The number of rotatable bonds is 3. The first-order valence-corrected chi connectivity index (χ1v) is 7.46. The summed E-state index contributed by atoms with van der Waals surface area (Å²) in [6, 6.07) is 6.49. The van der Waals surface area contributed by atoms with Crippen LogP contribution in [0.4, 0.5) is 0 Å². The maximum atomic E-state index is 6.12. The van der Waals surface area contributed by atoms with Crippen molar-refractivity contribution in [3.8, 4) is 5.75 Å². The predicted molar refractivity (Wildman–Crippen MR) is 77.6 cm³/mol. The molecular weight excluding hydrogens is 236 g/mol. The van der Waals surface area contributed by atoms with Crippen LogP contribution in [-0.4, -0.2) is 38.2 Å². The van der Waals surface area contributed by atoms with Gasteiger partial charge in [0.15, 0.2) is 0 Å². The average molecular weight is 260 g/mol. The first-order valence-electron chi connectivity index (χ1n) is 7.46. The minimum atomic E-state index is 0.726. The van der Waals surface area contributed by atoms with Crippen LogP contribution in [0.15, 0.2) is 18.2 Å². The van der Waals surface area contributed by atoms with Crippen molar-refractivity contribution in [3.05, 3.63) is 29.3 Å². The highest BCUT2D eigenvalue weighted by molar-refractivity contribution is 5.41. The van der Waals surface area contributed by atoms with Crippen molar-refractivity contribution < 1.29 is 4.74 Å². The van der Waals surface area contributed by atoms with Crippen LogP contribution in [0.2, 0.25) is 0 Å². The number of fused-ring (bicyclic) bond motifs is 1. The normalized spacial score (nSPS) is 21.1. The van der Waals surface area contributed by atoms with Gasteiger partial charge in [0.05, 0.1) is 6.61 Å². The highest BCUT2D eigenvalue weighted by atomic mass is 16.5. The van der Waals surface area contributed by atoms with E-state index in [1.165, 1.54) is 37.1 Å². The van der Waals surface area contributed by atoms with Gasteiger partial charge in [0.2, 0.25) is 0 Å². The second kappa shape index (κ2) is 5.93. The molecule has 1 aromatic carbocycles. The summed E-state index contributed by atoms with van der Waals surface area (Å²) in [7, 11) is 2.20. The minimum Gasteiger partial charge on any atom is -0.493 e. The highest BCUT2D eigenvalue weighted by Gasteiger charge is 2.19. The fourth-order valence-electron chi connectivity index (χ4n) is 3.05. The number of likely N-dealkylation sites (tertiary alicyclic amines) is 1. The maximum absolute atomic E-state index is 6.12. The van der Waals surface area contributed by atoms with Gasteiger partial charge in [0.25, 0.3) is 0 Å². The largest absolute Gasteiger partial charge is 0.493 e. The smallest absolute Gasteiger partial charge is 0.124 e. The summed E-state index contributed by atoms with van der Waals surface area (Å²) in [6.45, 7) is 5.35. The van der Waals surface area contributed by atoms with Crippen LogP contribution in [-0.2, 0) is 13.0 Å². The lowest BCUT2D eigenvalue weighted by molar-refractivity contribution is 0.159. The molecule has 0 aromatic heterocycles. The molecule has 3 rings (SSSR count). The zero-order valence-electron chi connectivity index (χ0n) is 11.8. The Hall–Kier alpha value is -1.06. The third-order valence-corrected chi connectivity index (χ3v) is 4.42. The van der Waals surface area contributed by atoms with Gasteiger partial charge >= 0.3 is 0 Å². The van der Waals surface area contributed by atoms with Crippen LogP contribution in [0.5, 0.6) is 5.75 Å². The SMILES string of the molecule is CN1CCC(COc2cccc3c2CNCC3)CC1. The molecule has 1 aromatic rings. The van der Waals surface area contributed by atoms with Crippen molar-refractivity contribution in [1.29, 1.82) is 0 Å². The van der Waals surface area contributed by atoms with Crippen LogP contribution in [0, 0.1) is 5.92 Å². The van der Waals surface area contributed by atoms with Gasteiger partial charge in [-0.3, -0.25) is 0 Å². The second-order valence-corrected chi connectivity index (χ2v) is 5.88. The summed E-state index contributed by atoms with van der Waals surface area (Å²) in [6.07, 6.45) is 3.66. The molecule has 1 fully saturated rings. The zero-order valence-corrected chi connectivity index (χ0v) is 11.8. The first kappa shape index (κ1) is 12.9. The van der Waals surface area contributed by atoms with Crippen LogP contribution in [0.3, 0.4) is 0 Å². The number of piperidine rings is 1. The van der Waals surface area contributed by atoms with Gasteiger partial charge in [0, 0.05) is 12.1 Å². The Morgan fingerprint density at radius 2 is 2.16 bits per heavy atom. The number of nitrogens with one attached hydrogen (secondary N) is 1. The molecule has 3 heteroatoms. The van der Waals surface area contributed by atoms with Crippen molar-refractivity contribution in [1.82, 2.24) is 10.2 Å². The predicted octanol–water partition coefficient (Wildman–Crippen LogP) is 2.05. The molecule has 3 nitrogen and oxygen atoms in total. The number of hydrogen-bond donors (Lipinski definition) is 1. The molecule has 0 atom stereocenters. The molecular formula is C16H24N2O. The van der Waals surface area contributed by atoms with Crippen molar-refractivity contribution in [3.63, 3.8) is 0 Å². The third kappa shape index (κ3) is 3.10. The molecule has 0 bridgehead atoms. The Morgan fingerprint density at radius 1 is 1.32 bits per heavy atom. The molecule has 0 aliphatic carbocycles. The molecule has 0 radical (unpaired) electrons. The highest BCUT2D eigenvalue weighted by Crippen LogP contribution is 2.26. The zero-order chi connectivity index (χ0) is 13.1. The number of ether oxygens (including phenoxy) is 1. The molecule has 19 heavy (non-hydrogen) atoms. The van der Waals surface area contributed by atoms with E-state index in [9.17, 15) is 0 Å². The van der Waals surface area contributed by atoms with Crippen molar-refractivity contribution >= 4 is 0 Å². The fourth-order valence-corrected chi connectivity index (χ4v) is 3.05. The molecule has 1 N–H and O–H groups in total. The Bertz CT molecular complexity index is 425. The van der Waals surface area contributed by atoms with Gasteiger partial charge in [-0.05, 0) is 63.5 Å². The van der Waals surface area contributed by atoms with Gasteiger partial charge in [0.1, 0.15) is 5.75 Å². The van der Waals surface area contributed by atoms with E-state index in [0.717, 1.165) is 37.8 Å². The quantitative estimate of drug-likeness (QED) is 0.900. The molecule has 0 amide bonds. The fraction of sp³-hybridized carbons (Fsp3) is 0.625. The Labute approximate surface area is 115 Å². The number of nitrogens with zero attached hydrogens (tertiary/aromatic N) is 1. The van der Waals surface area contributed by atoms with Gasteiger partial charge in [-0.1, -0.05) is 12.1 Å². The van der Waals surface area contributed by atoms with Crippen molar-refractivity contribution in [2.75, 3.05) is 33.3 Å². The van der Waals surface area contributed by atoms with Gasteiger partial charge in [-0.25, -0.2) is 0 Å². The standard InChI is InChI=1S/C16H24N2O/c1-18-9-6-13(7-10-18)12-19-16-4-2-3-14-5-8-17-11-15(14)16/h2-4,13,17H,5-12H2,1H3. The molecule has 0 saturated carbocycles. The Balaban J connectivity index is 1.61. The van der Waals surface area contributed by atoms with E-state index >= 15 is 0 Å². The van der Waals surface area contributed by atoms with E-state index in [0.29, 0.717) is 0 Å². The first-order chi connectivity index (χ1) is 9.33. The summed E-state index contributed by atoms with van der Waals surface area (Å²) in [5.41, 5.74) is 2.83. The van der Waals surface area contributed by atoms with E-state index in [2.05, 4.69) is 35.5 Å². The van der Waals surface area contributed by atoms with E-state index in [1.54, 1.807) is 0 Å². The molecule has 0 unspecified atom stereocenters. The maximum Gasteiger partial charge on any atom is 0.124 e. The average Bonchev–Trinajstić information content (AvgIpc) is 2.47. The van der Waals surface area contributed by atoms with Crippen LogP contribution < -0.4 is 10.1 Å². The second-order valence-electron chi connectivity index (χ2n) is 5.88. The van der Waals surface area contributed by atoms with E-state index in [1.807, 2.05) is 0 Å². The monoisotopic (exact) mass is 260 g/mol. The lowest BCUT2D eigenvalue weighted by Crippen LogP contribution is -2.32. The van der Waals surface area contributed by atoms with E-state index in [4.69, 9.17) is 4.74 Å². The molecule has 2 heterocycles. The topological polar surface area (TPSA) is 24.5 Å². The Kier molecular flexibility index (Phi) is 4.04. The Morgan fingerprint density at radius 3 is 3.00 bits per heavy atom. The van der Waals surface area contributed by atoms with Crippen LogP contribution in [0.25, 0.3) is 0 Å². The number of hydrogen-bond acceptors (Lipinski definition) is 3. The lowest BCUT2D eigenvalue weighted by atomic mass is 9.98. The van der Waals surface area contributed by atoms with Gasteiger partial charge in [-0.2, -0.15) is 0 Å². The van der Waals surface area contributed by atoms with Crippen molar-refractivity contribution in [2.45, 2.75) is 25.8 Å². The van der Waals surface area contributed by atoms with Crippen LogP contribution >= 0.6 is 0 Å².